The number of rotatable bonds is 7. The molecule has 1 aliphatic heterocycles. The van der Waals surface area contributed by atoms with Crippen LogP contribution in [0.5, 0.6) is 5.75 Å². The second-order valence-corrected chi connectivity index (χ2v) is 9.55. The largest absolute Gasteiger partial charge is 0.497 e. The van der Waals surface area contributed by atoms with Crippen LogP contribution in [0, 0.1) is 17.0 Å². The summed E-state index contributed by atoms with van der Waals surface area (Å²) in [5.41, 5.74) is 3.18. The van der Waals surface area contributed by atoms with E-state index in [0.717, 1.165) is 28.1 Å². The van der Waals surface area contributed by atoms with Gasteiger partial charge < -0.3 is 9.15 Å². The molecule has 1 aromatic heterocycles. The van der Waals surface area contributed by atoms with E-state index >= 15 is 0 Å². The van der Waals surface area contributed by atoms with Crippen LogP contribution in [0.15, 0.2) is 99.2 Å². The number of carbonyl (C=O) groups excluding carboxylic acids is 1. The molecule has 1 saturated heterocycles. The average Bonchev–Trinajstić information content (AvgIpc) is 3.50. The molecule has 0 radical (unpaired) electrons. The molecule has 3 aromatic carbocycles. The van der Waals surface area contributed by atoms with Crippen molar-refractivity contribution < 1.29 is 18.9 Å². The zero-order valence-electron chi connectivity index (χ0n) is 20.7. The summed E-state index contributed by atoms with van der Waals surface area (Å²) >= 11 is 1.28. The topological polar surface area (TPSA) is 98.2 Å². The van der Waals surface area contributed by atoms with E-state index in [1.54, 1.807) is 43.2 Å². The molecule has 0 bridgehead atoms. The minimum atomic E-state index is -0.427. The minimum absolute atomic E-state index is 0.0234. The Morgan fingerprint density at radius 1 is 1.05 bits per heavy atom. The van der Waals surface area contributed by atoms with Gasteiger partial charge in [-0.05, 0) is 72.3 Å². The SMILES string of the molecule is COc1ccc(CN2C(=O)/C(=C\c3ccc(-c4ccc([N+](=O)[O-])cc4C)o3)SC2=Nc2ccccc2)cc1. The number of non-ortho nitro benzene ring substituents is 1. The fraction of sp³-hybridized carbons (Fsp3) is 0.103. The van der Waals surface area contributed by atoms with Crippen molar-refractivity contribution >= 4 is 40.3 Å². The molecule has 0 N–H and O–H groups in total. The molecule has 38 heavy (non-hydrogen) atoms. The fourth-order valence-corrected chi connectivity index (χ4v) is 4.98. The van der Waals surface area contributed by atoms with Gasteiger partial charge in [-0.2, -0.15) is 0 Å². The number of nitrogens with zero attached hydrogens (tertiary/aromatic N) is 3. The van der Waals surface area contributed by atoms with E-state index in [4.69, 9.17) is 14.1 Å². The number of furan rings is 1. The van der Waals surface area contributed by atoms with Crippen molar-refractivity contribution in [3.8, 4) is 17.1 Å². The smallest absolute Gasteiger partial charge is 0.269 e. The summed E-state index contributed by atoms with van der Waals surface area (Å²) in [6.07, 6.45) is 1.70. The lowest BCUT2D eigenvalue weighted by molar-refractivity contribution is -0.384. The van der Waals surface area contributed by atoms with Gasteiger partial charge in [0.05, 0.1) is 29.2 Å². The Morgan fingerprint density at radius 2 is 1.82 bits per heavy atom. The maximum atomic E-state index is 13.5. The Kier molecular flexibility index (Phi) is 7.10. The van der Waals surface area contributed by atoms with Crippen molar-refractivity contribution in [3.63, 3.8) is 0 Å². The maximum absolute atomic E-state index is 13.5. The highest BCUT2D eigenvalue weighted by Gasteiger charge is 2.34. The molecule has 1 amide bonds. The first-order chi connectivity index (χ1) is 18.4. The van der Waals surface area contributed by atoms with Gasteiger partial charge in [-0.15, -0.1) is 0 Å². The fourth-order valence-electron chi connectivity index (χ4n) is 4.00. The standard InChI is InChI=1S/C29H23N3O5S/c1-19-16-22(32(34)35)10-14-25(19)26-15-13-24(37-26)17-27-28(33)31(18-20-8-11-23(36-2)12-9-20)29(38-27)30-21-6-4-3-5-7-21/h3-17H,18H2,1-2H3/b27-17+,30-29?. The minimum Gasteiger partial charge on any atom is -0.497 e. The van der Waals surface area contributed by atoms with E-state index in [1.165, 1.54) is 23.9 Å². The molecule has 4 aromatic rings. The van der Waals surface area contributed by atoms with E-state index in [2.05, 4.69) is 0 Å². The van der Waals surface area contributed by atoms with Crippen molar-refractivity contribution in [2.75, 3.05) is 7.11 Å². The van der Waals surface area contributed by atoms with Crippen LogP contribution < -0.4 is 4.74 Å². The van der Waals surface area contributed by atoms with Crippen molar-refractivity contribution in [3.05, 3.63) is 117 Å². The number of nitro groups is 1. The number of aryl methyl sites for hydroxylation is 1. The molecular formula is C29H23N3O5S. The summed E-state index contributed by atoms with van der Waals surface area (Å²) < 4.78 is 11.3. The second-order valence-electron chi connectivity index (χ2n) is 8.54. The second kappa shape index (κ2) is 10.8. The summed E-state index contributed by atoms with van der Waals surface area (Å²) in [5.74, 6) is 1.63. The molecule has 5 rings (SSSR count). The first-order valence-corrected chi connectivity index (χ1v) is 12.6. The van der Waals surface area contributed by atoms with Crippen molar-refractivity contribution in [2.24, 2.45) is 4.99 Å². The quantitative estimate of drug-likeness (QED) is 0.147. The molecule has 0 saturated carbocycles. The van der Waals surface area contributed by atoms with Crippen LogP contribution in [0.1, 0.15) is 16.9 Å². The molecule has 0 spiro atoms. The first kappa shape index (κ1) is 25.0. The number of methoxy groups -OCH3 is 1. The number of hydrogen-bond acceptors (Lipinski definition) is 7. The third kappa shape index (κ3) is 5.37. The van der Waals surface area contributed by atoms with Crippen LogP contribution in [-0.4, -0.2) is 28.0 Å². The third-order valence-electron chi connectivity index (χ3n) is 5.96. The Morgan fingerprint density at radius 3 is 2.50 bits per heavy atom. The first-order valence-electron chi connectivity index (χ1n) is 11.7. The summed E-state index contributed by atoms with van der Waals surface area (Å²) in [7, 11) is 1.61. The molecule has 1 fully saturated rings. The number of carbonyl (C=O) groups is 1. The molecule has 9 heteroatoms. The summed E-state index contributed by atoms with van der Waals surface area (Å²) in [6.45, 7) is 2.15. The number of ether oxygens (including phenoxy) is 1. The van der Waals surface area contributed by atoms with Crippen LogP contribution >= 0.6 is 11.8 Å². The van der Waals surface area contributed by atoms with Gasteiger partial charge in [0.1, 0.15) is 17.3 Å². The Hall–Kier alpha value is -4.63. The van der Waals surface area contributed by atoms with Gasteiger partial charge in [0, 0.05) is 23.8 Å². The average molecular weight is 526 g/mol. The predicted octanol–water partition coefficient (Wildman–Crippen LogP) is 6.98. The summed E-state index contributed by atoms with van der Waals surface area (Å²) in [4.78, 5) is 31.0. The van der Waals surface area contributed by atoms with Crippen LogP contribution in [0.25, 0.3) is 17.4 Å². The number of thioether (sulfide) groups is 1. The molecule has 0 atom stereocenters. The normalized spacial score (nSPS) is 15.4. The van der Waals surface area contributed by atoms with Crippen molar-refractivity contribution in [1.29, 1.82) is 0 Å². The lowest BCUT2D eigenvalue weighted by Gasteiger charge is -2.16. The number of aliphatic imine (C=N–C) groups is 1. The number of para-hydroxylation sites is 1. The molecule has 0 aliphatic carbocycles. The van der Waals surface area contributed by atoms with E-state index in [9.17, 15) is 14.9 Å². The zero-order valence-corrected chi connectivity index (χ0v) is 21.5. The van der Waals surface area contributed by atoms with Gasteiger partial charge >= 0.3 is 0 Å². The molecule has 1 aliphatic rings. The predicted molar refractivity (Wildman–Crippen MR) is 148 cm³/mol. The molecule has 190 valence electrons. The Balaban J connectivity index is 1.44. The highest BCUT2D eigenvalue weighted by atomic mass is 32.2. The highest BCUT2D eigenvalue weighted by molar-refractivity contribution is 8.18. The van der Waals surface area contributed by atoms with Gasteiger partial charge in [0.25, 0.3) is 11.6 Å². The van der Waals surface area contributed by atoms with Gasteiger partial charge in [0.2, 0.25) is 0 Å². The van der Waals surface area contributed by atoms with Crippen LogP contribution in [0.2, 0.25) is 0 Å². The van der Waals surface area contributed by atoms with E-state index in [0.29, 0.717) is 28.1 Å². The number of hydrogen-bond donors (Lipinski definition) is 0. The number of amides is 1. The zero-order chi connectivity index (χ0) is 26.6. The molecule has 8 nitrogen and oxygen atoms in total. The Bertz CT molecular complexity index is 1560. The highest BCUT2D eigenvalue weighted by Crippen LogP contribution is 2.36. The lowest BCUT2D eigenvalue weighted by atomic mass is 10.1. The van der Waals surface area contributed by atoms with Gasteiger partial charge in [-0.25, -0.2) is 4.99 Å². The maximum Gasteiger partial charge on any atom is 0.269 e. The molecule has 2 heterocycles. The molecule has 0 unspecified atom stereocenters. The van der Waals surface area contributed by atoms with E-state index in [-0.39, 0.29) is 11.6 Å². The number of benzene rings is 3. The van der Waals surface area contributed by atoms with Gasteiger partial charge in [-0.1, -0.05) is 30.3 Å². The summed E-state index contributed by atoms with van der Waals surface area (Å²) in [6, 6.07) is 25.2. The van der Waals surface area contributed by atoms with Gasteiger partial charge in [0.15, 0.2) is 5.17 Å². The van der Waals surface area contributed by atoms with Crippen LogP contribution in [0.4, 0.5) is 11.4 Å². The summed E-state index contributed by atoms with van der Waals surface area (Å²) in [5, 5.41) is 11.6. The lowest BCUT2D eigenvalue weighted by Crippen LogP contribution is -2.28. The van der Waals surface area contributed by atoms with E-state index in [1.807, 2.05) is 54.6 Å². The number of nitro benzene ring substituents is 1. The monoisotopic (exact) mass is 525 g/mol. The van der Waals surface area contributed by atoms with E-state index < -0.39 is 4.92 Å². The Labute approximate surface area is 223 Å². The third-order valence-corrected chi connectivity index (χ3v) is 6.96. The van der Waals surface area contributed by atoms with Crippen LogP contribution in [0.3, 0.4) is 0 Å². The van der Waals surface area contributed by atoms with Crippen LogP contribution in [-0.2, 0) is 11.3 Å². The molecular weight excluding hydrogens is 502 g/mol. The number of amidine groups is 1. The van der Waals surface area contributed by atoms with Crippen molar-refractivity contribution in [2.45, 2.75) is 13.5 Å². The van der Waals surface area contributed by atoms with Crippen molar-refractivity contribution in [1.82, 2.24) is 4.90 Å². The van der Waals surface area contributed by atoms with Gasteiger partial charge in [-0.3, -0.25) is 19.8 Å².